The van der Waals surface area contributed by atoms with Crippen molar-refractivity contribution >= 4 is 34.8 Å². The first-order chi connectivity index (χ1) is 11.4. The zero-order chi connectivity index (χ0) is 17.7. The number of nitrogens with zero attached hydrogens (tertiary/aromatic N) is 2. The van der Waals surface area contributed by atoms with E-state index in [4.69, 9.17) is 28.5 Å². The predicted molar refractivity (Wildman–Crippen MR) is 92.5 cm³/mol. The van der Waals surface area contributed by atoms with Gasteiger partial charge in [0.2, 0.25) is 5.91 Å². The van der Waals surface area contributed by atoms with E-state index in [9.17, 15) is 9.18 Å². The maximum Gasteiger partial charge on any atom is 0.238 e. The average Bonchev–Trinajstić information content (AvgIpc) is 2.53. The summed E-state index contributed by atoms with van der Waals surface area (Å²) in [4.78, 5) is 13.7. The van der Waals surface area contributed by atoms with Crippen molar-refractivity contribution in [3.05, 3.63) is 63.4 Å². The second-order valence-electron chi connectivity index (χ2n) is 5.24. The fraction of sp³-hybridized carbons (Fsp3) is 0.176. The highest BCUT2D eigenvalue weighted by molar-refractivity contribution is 6.39. The first-order valence-electron chi connectivity index (χ1n) is 7.01. The molecule has 24 heavy (non-hydrogen) atoms. The lowest BCUT2D eigenvalue weighted by molar-refractivity contribution is -0.117. The van der Waals surface area contributed by atoms with Gasteiger partial charge in [-0.2, -0.15) is 5.26 Å². The number of para-hydroxylation sites is 1. The number of hydrogen-bond donors (Lipinski definition) is 1. The molecule has 0 aromatic heterocycles. The maximum atomic E-state index is 13.9. The number of benzene rings is 2. The van der Waals surface area contributed by atoms with Crippen LogP contribution in [0.25, 0.3) is 0 Å². The average molecular weight is 366 g/mol. The van der Waals surface area contributed by atoms with Crippen molar-refractivity contribution in [1.82, 2.24) is 4.90 Å². The van der Waals surface area contributed by atoms with E-state index in [1.54, 1.807) is 30.1 Å². The number of carbonyl (C=O) groups is 1. The summed E-state index contributed by atoms with van der Waals surface area (Å²) in [7, 11) is 1.69. The summed E-state index contributed by atoms with van der Waals surface area (Å²) < 4.78 is 13.9. The molecule has 7 heteroatoms. The molecule has 0 fully saturated rings. The maximum absolute atomic E-state index is 13.9. The zero-order valence-corrected chi connectivity index (χ0v) is 14.3. The van der Waals surface area contributed by atoms with E-state index in [1.807, 2.05) is 6.07 Å². The molecule has 2 aromatic carbocycles. The van der Waals surface area contributed by atoms with E-state index in [0.29, 0.717) is 21.3 Å². The van der Waals surface area contributed by atoms with E-state index in [0.717, 1.165) is 0 Å². The van der Waals surface area contributed by atoms with Gasteiger partial charge in [-0.25, -0.2) is 4.39 Å². The Hall–Kier alpha value is -2.13. The molecule has 124 valence electrons. The lowest BCUT2D eigenvalue weighted by Crippen LogP contribution is -2.30. The van der Waals surface area contributed by atoms with Gasteiger partial charge in [0.25, 0.3) is 0 Å². The van der Waals surface area contributed by atoms with E-state index in [1.165, 1.54) is 18.2 Å². The Morgan fingerprint density at radius 2 is 1.96 bits per heavy atom. The van der Waals surface area contributed by atoms with Gasteiger partial charge in [0.1, 0.15) is 5.82 Å². The van der Waals surface area contributed by atoms with E-state index in [2.05, 4.69) is 5.32 Å². The van der Waals surface area contributed by atoms with Gasteiger partial charge in [0.05, 0.1) is 33.9 Å². The van der Waals surface area contributed by atoms with Crippen molar-refractivity contribution in [3.63, 3.8) is 0 Å². The third kappa shape index (κ3) is 4.68. The molecule has 0 heterocycles. The van der Waals surface area contributed by atoms with Crippen LogP contribution in [0.2, 0.25) is 10.0 Å². The monoisotopic (exact) mass is 365 g/mol. The number of nitriles is 1. The summed E-state index contributed by atoms with van der Waals surface area (Å²) in [5.41, 5.74) is 1.01. The number of rotatable bonds is 5. The quantitative estimate of drug-likeness (QED) is 0.868. The van der Waals surface area contributed by atoms with Gasteiger partial charge in [-0.15, -0.1) is 0 Å². The number of carbonyl (C=O) groups excluding carboxylic acids is 1. The van der Waals surface area contributed by atoms with Crippen LogP contribution in [0.15, 0.2) is 36.4 Å². The molecule has 0 saturated carbocycles. The molecule has 2 aromatic rings. The molecule has 0 aliphatic rings. The Balaban J connectivity index is 1.98. The van der Waals surface area contributed by atoms with Crippen molar-refractivity contribution in [1.29, 1.82) is 5.26 Å². The summed E-state index contributed by atoms with van der Waals surface area (Å²) in [5, 5.41) is 12.1. The third-order valence-corrected chi connectivity index (χ3v) is 3.89. The lowest BCUT2D eigenvalue weighted by atomic mass is 10.1. The Kier molecular flexibility index (Phi) is 6.16. The molecule has 0 saturated heterocycles. The number of halogens is 3. The highest BCUT2D eigenvalue weighted by atomic mass is 35.5. The van der Waals surface area contributed by atoms with Gasteiger partial charge in [0.15, 0.2) is 0 Å². The minimum absolute atomic E-state index is 0.0288. The molecular weight excluding hydrogens is 352 g/mol. The van der Waals surface area contributed by atoms with Crippen LogP contribution in [0, 0.1) is 17.1 Å². The number of anilines is 1. The molecule has 0 unspecified atom stereocenters. The fourth-order valence-corrected chi connectivity index (χ4v) is 2.63. The van der Waals surface area contributed by atoms with Gasteiger partial charge < -0.3 is 5.32 Å². The second kappa shape index (κ2) is 8.11. The van der Waals surface area contributed by atoms with Crippen LogP contribution in [0.3, 0.4) is 0 Å². The molecule has 0 bridgehead atoms. The van der Waals surface area contributed by atoms with E-state index < -0.39 is 5.82 Å². The Morgan fingerprint density at radius 3 is 2.54 bits per heavy atom. The number of amides is 1. The van der Waals surface area contributed by atoms with Crippen molar-refractivity contribution in [2.24, 2.45) is 0 Å². The molecule has 2 rings (SSSR count). The number of likely N-dealkylation sites (N-methyl/N-ethyl adjacent to an activating group) is 1. The molecular formula is C17H14Cl2FN3O. The van der Waals surface area contributed by atoms with Gasteiger partial charge in [-0.3, -0.25) is 9.69 Å². The molecule has 1 N–H and O–H groups in total. The van der Waals surface area contributed by atoms with E-state index >= 15 is 0 Å². The highest BCUT2D eigenvalue weighted by Gasteiger charge is 2.13. The minimum Gasteiger partial charge on any atom is -0.322 e. The van der Waals surface area contributed by atoms with Crippen LogP contribution >= 0.6 is 23.2 Å². The molecule has 1 amide bonds. The normalized spacial score (nSPS) is 10.5. The number of nitrogens with one attached hydrogen (secondary N) is 1. The van der Waals surface area contributed by atoms with Crippen molar-refractivity contribution < 1.29 is 9.18 Å². The van der Waals surface area contributed by atoms with Crippen molar-refractivity contribution in [3.8, 4) is 6.07 Å². The molecule has 0 spiro atoms. The second-order valence-corrected chi connectivity index (χ2v) is 6.05. The highest BCUT2D eigenvalue weighted by Crippen LogP contribution is 2.29. The summed E-state index contributed by atoms with van der Waals surface area (Å²) in [5.74, 6) is -0.794. The Bertz CT molecular complexity index is 785. The molecule has 0 aliphatic carbocycles. The van der Waals surface area contributed by atoms with E-state index in [-0.39, 0.29) is 24.6 Å². The SMILES string of the molecule is CN(CC(=O)Nc1c(Cl)cccc1Cl)Cc1ccc(C#N)cc1F. The van der Waals surface area contributed by atoms with Gasteiger partial charge in [-0.05, 0) is 31.3 Å². The zero-order valence-electron chi connectivity index (χ0n) is 12.8. The largest absolute Gasteiger partial charge is 0.322 e. The Labute approximate surface area is 149 Å². The smallest absolute Gasteiger partial charge is 0.238 e. The van der Waals surface area contributed by atoms with Gasteiger partial charge >= 0.3 is 0 Å². The topological polar surface area (TPSA) is 56.1 Å². The summed E-state index contributed by atoms with van der Waals surface area (Å²) in [6.45, 7) is 0.252. The molecule has 0 atom stereocenters. The lowest BCUT2D eigenvalue weighted by Gasteiger charge is -2.17. The standard InChI is InChI=1S/C17H14Cl2FN3O/c1-23(9-12-6-5-11(8-21)7-15(12)20)10-16(24)22-17-13(18)3-2-4-14(17)19/h2-7H,9-10H2,1H3,(H,22,24). The van der Waals surface area contributed by atoms with Crippen molar-refractivity contribution in [2.75, 3.05) is 18.9 Å². The molecule has 0 radical (unpaired) electrons. The number of hydrogen-bond acceptors (Lipinski definition) is 3. The van der Waals surface area contributed by atoms with Crippen molar-refractivity contribution in [2.45, 2.75) is 6.54 Å². The van der Waals surface area contributed by atoms with Crippen LogP contribution < -0.4 is 5.32 Å². The first-order valence-corrected chi connectivity index (χ1v) is 7.77. The van der Waals surface area contributed by atoms with Crippen LogP contribution in [0.1, 0.15) is 11.1 Å². The van der Waals surface area contributed by atoms with Gasteiger partial charge in [-0.1, -0.05) is 35.3 Å². The van der Waals surface area contributed by atoms with Crippen LogP contribution in [-0.4, -0.2) is 24.4 Å². The summed E-state index contributed by atoms with van der Waals surface area (Å²) in [6.07, 6.45) is 0. The Morgan fingerprint density at radius 1 is 1.29 bits per heavy atom. The van der Waals surface area contributed by atoms with Gasteiger partial charge in [0, 0.05) is 12.1 Å². The molecule has 0 aliphatic heterocycles. The first kappa shape index (κ1) is 18.2. The summed E-state index contributed by atoms with van der Waals surface area (Å²) >= 11 is 12.0. The van der Waals surface area contributed by atoms with Crippen LogP contribution in [0.4, 0.5) is 10.1 Å². The molecule has 4 nitrogen and oxygen atoms in total. The summed E-state index contributed by atoms with van der Waals surface area (Å²) in [6, 6.07) is 11.1. The van der Waals surface area contributed by atoms with Crippen LogP contribution in [-0.2, 0) is 11.3 Å². The third-order valence-electron chi connectivity index (χ3n) is 3.26. The van der Waals surface area contributed by atoms with Crippen LogP contribution in [0.5, 0.6) is 0 Å². The minimum atomic E-state index is -0.476. The predicted octanol–water partition coefficient (Wildman–Crippen LogP) is 4.07. The fourth-order valence-electron chi connectivity index (χ4n) is 2.13.